The van der Waals surface area contributed by atoms with Crippen LogP contribution in [0.3, 0.4) is 0 Å². The van der Waals surface area contributed by atoms with Gasteiger partial charge in [-0.2, -0.15) is 0 Å². The molecule has 6 nitrogen and oxygen atoms in total. The number of nitrogens with zero attached hydrogens (tertiary/aromatic N) is 1. The van der Waals surface area contributed by atoms with Gasteiger partial charge in [-0.1, -0.05) is 18.2 Å². The molecular formula is C14H20N2O4S. The summed E-state index contributed by atoms with van der Waals surface area (Å²) < 4.78 is 29.0. The summed E-state index contributed by atoms with van der Waals surface area (Å²) in [5.41, 5.74) is 1.03. The van der Waals surface area contributed by atoms with Crippen LogP contribution in [0.5, 0.6) is 5.75 Å². The van der Waals surface area contributed by atoms with Gasteiger partial charge in [0, 0.05) is 19.6 Å². The largest absolute Gasteiger partial charge is 0.496 e. The van der Waals surface area contributed by atoms with Crippen molar-refractivity contribution in [3.8, 4) is 5.75 Å². The molecule has 1 N–H and O–H groups in total. The van der Waals surface area contributed by atoms with E-state index in [1.54, 1.807) is 7.11 Å². The van der Waals surface area contributed by atoms with E-state index in [1.165, 1.54) is 4.31 Å². The number of nitrogens with one attached hydrogen (secondary N) is 1. The molecule has 0 atom stereocenters. The molecule has 0 radical (unpaired) electrons. The predicted molar refractivity (Wildman–Crippen MR) is 79.6 cm³/mol. The molecule has 0 aliphatic carbocycles. The molecule has 0 saturated carbocycles. The number of hydrogen-bond acceptors (Lipinski definition) is 4. The zero-order valence-electron chi connectivity index (χ0n) is 12.2. The molecule has 1 aliphatic heterocycles. The van der Waals surface area contributed by atoms with Crippen molar-refractivity contribution in [1.29, 1.82) is 0 Å². The number of amides is 1. The average Bonchev–Trinajstić information content (AvgIpc) is 2.35. The van der Waals surface area contributed by atoms with Crippen molar-refractivity contribution in [2.24, 2.45) is 5.92 Å². The number of hydrogen-bond donors (Lipinski definition) is 1. The molecule has 1 aliphatic rings. The van der Waals surface area contributed by atoms with Crippen LogP contribution < -0.4 is 10.1 Å². The molecule has 2 rings (SSSR count). The molecule has 1 amide bonds. The average molecular weight is 312 g/mol. The van der Waals surface area contributed by atoms with Crippen LogP contribution in [0.2, 0.25) is 0 Å². The second-order valence-electron chi connectivity index (χ2n) is 5.13. The maximum atomic E-state index is 11.9. The molecule has 0 bridgehead atoms. The molecule has 0 spiro atoms. The van der Waals surface area contributed by atoms with Crippen LogP contribution in [-0.2, 0) is 21.2 Å². The number of para-hydroxylation sites is 1. The Morgan fingerprint density at radius 3 is 2.67 bits per heavy atom. The van der Waals surface area contributed by atoms with Gasteiger partial charge in [-0.15, -0.1) is 0 Å². The molecule has 0 aromatic heterocycles. The number of rotatable bonds is 6. The van der Waals surface area contributed by atoms with E-state index in [0.717, 1.165) is 17.6 Å². The quantitative estimate of drug-likeness (QED) is 0.817. The first-order valence-corrected chi connectivity index (χ1v) is 8.61. The standard InChI is InChI=1S/C14H20N2O4S/c1-20-13-6-4-3-5-11(13)7-8-15-14(17)12-9-16(10-12)21(2,18)19/h3-6,12H,7-10H2,1-2H3,(H,15,17). The molecule has 1 saturated heterocycles. The van der Waals surface area contributed by atoms with Crippen molar-refractivity contribution < 1.29 is 17.9 Å². The van der Waals surface area contributed by atoms with Crippen LogP contribution in [-0.4, -0.2) is 51.6 Å². The first kappa shape index (κ1) is 15.8. The van der Waals surface area contributed by atoms with Crippen LogP contribution in [0.15, 0.2) is 24.3 Å². The van der Waals surface area contributed by atoms with Gasteiger partial charge in [-0.3, -0.25) is 4.79 Å². The minimum absolute atomic E-state index is 0.0928. The van der Waals surface area contributed by atoms with E-state index in [-0.39, 0.29) is 24.9 Å². The van der Waals surface area contributed by atoms with Gasteiger partial charge in [0.1, 0.15) is 5.75 Å². The van der Waals surface area contributed by atoms with Gasteiger partial charge < -0.3 is 10.1 Å². The fourth-order valence-corrected chi connectivity index (χ4v) is 3.15. The Morgan fingerprint density at radius 2 is 2.05 bits per heavy atom. The van der Waals surface area contributed by atoms with Crippen LogP contribution in [0, 0.1) is 5.92 Å². The highest BCUT2D eigenvalue weighted by Crippen LogP contribution is 2.19. The van der Waals surface area contributed by atoms with E-state index in [2.05, 4.69) is 5.32 Å². The summed E-state index contributed by atoms with van der Waals surface area (Å²) in [6.07, 6.45) is 1.83. The Balaban J connectivity index is 1.76. The summed E-state index contributed by atoms with van der Waals surface area (Å²) in [5.74, 6) is 0.473. The van der Waals surface area contributed by atoms with Gasteiger partial charge in [-0.05, 0) is 18.1 Å². The van der Waals surface area contributed by atoms with E-state index in [1.807, 2.05) is 24.3 Å². The van der Waals surface area contributed by atoms with Gasteiger partial charge in [0.25, 0.3) is 0 Å². The topological polar surface area (TPSA) is 75.7 Å². The molecule has 1 fully saturated rings. The maximum Gasteiger partial charge on any atom is 0.225 e. The number of carbonyl (C=O) groups is 1. The zero-order chi connectivity index (χ0) is 15.5. The smallest absolute Gasteiger partial charge is 0.225 e. The highest BCUT2D eigenvalue weighted by Gasteiger charge is 2.37. The molecule has 116 valence electrons. The Hall–Kier alpha value is -1.60. The summed E-state index contributed by atoms with van der Waals surface area (Å²) in [7, 11) is -1.55. The molecule has 1 aromatic rings. The lowest BCUT2D eigenvalue weighted by atomic mass is 10.0. The Bertz CT molecular complexity index is 609. The third kappa shape index (κ3) is 3.95. The van der Waals surface area contributed by atoms with Crippen LogP contribution in [0.4, 0.5) is 0 Å². The van der Waals surface area contributed by atoms with Crippen molar-refractivity contribution in [1.82, 2.24) is 9.62 Å². The minimum atomic E-state index is -3.17. The fraction of sp³-hybridized carbons (Fsp3) is 0.500. The normalized spacial score (nSPS) is 16.3. The summed E-state index contributed by atoms with van der Waals surface area (Å²) in [6.45, 7) is 1.06. The summed E-state index contributed by atoms with van der Waals surface area (Å²) >= 11 is 0. The molecule has 0 unspecified atom stereocenters. The SMILES string of the molecule is COc1ccccc1CCNC(=O)C1CN(S(C)(=O)=O)C1. The Morgan fingerprint density at radius 1 is 1.38 bits per heavy atom. The first-order chi connectivity index (χ1) is 9.91. The third-order valence-corrected chi connectivity index (χ3v) is 4.81. The van der Waals surface area contributed by atoms with Crippen molar-refractivity contribution in [3.05, 3.63) is 29.8 Å². The van der Waals surface area contributed by atoms with Crippen molar-refractivity contribution in [3.63, 3.8) is 0 Å². The van der Waals surface area contributed by atoms with Gasteiger partial charge in [-0.25, -0.2) is 12.7 Å². The van der Waals surface area contributed by atoms with E-state index in [0.29, 0.717) is 13.0 Å². The Kier molecular flexibility index (Phi) is 4.84. The number of ether oxygens (including phenoxy) is 1. The molecule has 21 heavy (non-hydrogen) atoms. The highest BCUT2D eigenvalue weighted by molar-refractivity contribution is 7.88. The number of methoxy groups -OCH3 is 1. The first-order valence-electron chi connectivity index (χ1n) is 6.76. The highest BCUT2D eigenvalue weighted by atomic mass is 32.2. The summed E-state index contributed by atoms with van der Waals surface area (Å²) in [6, 6.07) is 7.66. The number of benzene rings is 1. The van der Waals surface area contributed by atoms with Gasteiger partial charge >= 0.3 is 0 Å². The summed E-state index contributed by atoms with van der Waals surface area (Å²) in [4.78, 5) is 11.9. The van der Waals surface area contributed by atoms with E-state index in [9.17, 15) is 13.2 Å². The Labute approximate surface area is 125 Å². The predicted octanol–water partition coefficient (Wildman–Crippen LogP) is 0.245. The lowest BCUT2D eigenvalue weighted by molar-refractivity contribution is -0.128. The van der Waals surface area contributed by atoms with Crippen molar-refractivity contribution >= 4 is 15.9 Å². The molecular weight excluding hydrogens is 292 g/mol. The molecule has 1 aromatic carbocycles. The van der Waals surface area contributed by atoms with E-state index >= 15 is 0 Å². The lowest BCUT2D eigenvalue weighted by Gasteiger charge is -2.35. The minimum Gasteiger partial charge on any atom is -0.496 e. The monoisotopic (exact) mass is 312 g/mol. The second kappa shape index (κ2) is 6.44. The van der Waals surface area contributed by atoms with Gasteiger partial charge in [0.05, 0.1) is 19.3 Å². The lowest BCUT2D eigenvalue weighted by Crippen LogP contribution is -2.55. The van der Waals surface area contributed by atoms with Crippen LogP contribution >= 0.6 is 0 Å². The number of sulfonamides is 1. The number of carbonyl (C=O) groups excluding carboxylic acids is 1. The second-order valence-corrected chi connectivity index (χ2v) is 7.11. The van der Waals surface area contributed by atoms with Crippen LogP contribution in [0.25, 0.3) is 0 Å². The van der Waals surface area contributed by atoms with Gasteiger partial charge in [0.2, 0.25) is 15.9 Å². The summed E-state index contributed by atoms with van der Waals surface area (Å²) in [5, 5.41) is 2.84. The van der Waals surface area contributed by atoms with Crippen LogP contribution in [0.1, 0.15) is 5.56 Å². The van der Waals surface area contributed by atoms with E-state index < -0.39 is 10.0 Å². The fourth-order valence-electron chi connectivity index (χ4n) is 2.25. The van der Waals surface area contributed by atoms with Gasteiger partial charge in [0.15, 0.2) is 0 Å². The molecule has 7 heteroatoms. The third-order valence-electron chi connectivity index (χ3n) is 3.57. The van der Waals surface area contributed by atoms with E-state index in [4.69, 9.17) is 4.74 Å². The zero-order valence-corrected chi connectivity index (χ0v) is 13.0. The molecule has 1 heterocycles. The maximum absolute atomic E-state index is 11.9. The van der Waals surface area contributed by atoms with Crippen molar-refractivity contribution in [2.75, 3.05) is 33.0 Å². The van der Waals surface area contributed by atoms with Crippen molar-refractivity contribution in [2.45, 2.75) is 6.42 Å².